The fourth-order valence-electron chi connectivity index (χ4n) is 2.17. The van der Waals surface area contributed by atoms with E-state index in [1.54, 1.807) is 12.0 Å². The lowest BCUT2D eigenvalue weighted by atomic mass is 10.1. The Kier molecular flexibility index (Phi) is 4.06. The van der Waals surface area contributed by atoms with Gasteiger partial charge in [0.2, 0.25) is 5.91 Å². The van der Waals surface area contributed by atoms with Crippen LogP contribution >= 0.6 is 0 Å². The summed E-state index contributed by atoms with van der Waals surface area (Å²) in [5.74, 6) is -1.92. The van der Waals surface area contributed by atoms with Crippen molar-refractivity contribution in [1.29, 1.82) is 0 Å². The van der Waals surface area contributed by atoms with Gasteiger partial charge in [-0.15, -0.1) is 0 Å². The van der Waals surface area contributed by atoms with Gasteiger partial charge in [-0.1, -0.05) is 6.07 Å². The topological polar surface area (TPSA) is 41.6 Å². The molecule has 1 atom stereocenters. The zero-order valence-corrected chi connectivity index (χ0v) is 11.7. The molecule has 1 saturated heterocycles. The highest BCUT2D eigenvalue weighted by molar-refractivity contribution is 5.81. The minimum Gasteiger partial charge on any atom is -0.377 e. The van der Waals surface area contributed by atoms with Crippen LogP contribution in [0.2, 0.25) is 0 Å². The Morgan fingerprint density at radius 1 is 1.40 bits per heavy atom. The Balaban J connectivity index is 2.25. The average molecular weight is 284 g/mol. The van der Waals surface area contributed by atoms with Crippen LogP contribution < -0.4 is 5.32 Å². The lowest BCUT2D eigenvalue weighted by Crippen LogP contribution is -2.42. The van der Waals surface area contributed by atoms with E-state index in [0.29, 0.717) is 12.1 Å². The van der Waals surface area contributed by atoms with Crippen molar-refractivity contribution in [2.24, 2.45) is 0 Å². The Hall–Kier alpha value is -1.53. The number of hydrogen-bond acceptors (Lipinski definition) is 3. The van der Waals surface area contributed by atoms with Crippen molar-refractivity contribution in [2.75, 3.05) is 20.2 Å². The van der Waals surface area contributed by atoms with Gasteiger partial charge in [-0.25, -0.2) is 8.78 Å². The molecule has 0 aliphatic carbocycles. The van der Waals surface area contributed by atoms with Crippen molar-refractivity contribution in [3.05, 3.63) is 35.4 Å². The van der Waals surface area contributed by atoms with Crippen LogP contribution in [0.5, 0.6) is 0 Å². The molecule has 1 aliphatic rings. The number of nitrogens with zero attached hydrogens (tertiary/aromatic N) is 1. The molecule has 0 radical (unpaired) electrons. The van der Waals surface area contributed by atoms with Gasteiger partial charge in [0.1, 0.15) is 6.17 Å². The van der Waals surface area contributed by atoms with E-state index in [4.69, 9.17) is 4.74 Å². The number of amides is 1. The van der Waals surface area contributed by atoms with Crippen LogP contribution in [0.3, 0.4) is 0 Å². The van der Waals surface area contributed by atoms with Crippen molar-refractivity contribution >= 4 is 5.91 Å². The fraction of sp³-hybridized carbons (Fsp3) is 0.500. The summed E-state index contributed by atoms with van der Waals surface area (Å²) in [6.45, 7) is 4.25. The third-order valence-corrected chi connectivity index (χ3v) is 3.44. The van der Waals surface area contributed by atoms with E-state index in [-0.39, 0.29) is 12.5 Å². The van der Waals surface area contributed by atoms with E-state index in [0.717, 1.165) is 12.1 Å². The maximum absolute atomic E-state index is 13.3. The maximum Gasteiger partial charge on any atom is 0.238 e. The van der Waals surface area contributed by atoms with Crippen LogP contribution in [0.4, 0.5) is 8.78 Å². The largest absolute Gasteiger partial charge is 0.377 e. The molecule has 0 spiro atoms. The van der Waals surface area contributed by atoms with Crippen LogP contribution in [0.1, 0.15) is 25.6 Å². The number of carbonyl (C=O) groups excluding carboxylic acids is 1. The molecule has 1 aliphatic heterocycles. The third kappa shape index (κ3) is 2.96. The van der Waals surface area contributed by atoms with Gasteiger partial charge >= 0.3 is 0 Å². The van der Waals surface area contributed by atoms with E-state index in [9.17, 15) is 13.6 Å². The Morgan fingerprint density at radius 3 is 2.70 bits per heavy atom. The van der Waals surface area contributed by atoms with E-state index < -0.39 is 23.4 Å². The van der Waals surface area contributed by atoms with Gasteiger partial charge < -0.3 is 9.64 Å². The molecule has 0 saturated carbocycles. The molecule has 1 unspecified atom stereocenters. The van der Waals surface area contributed by atoms with Crippen molar-refractivity contribution < 1.29 is 18.3 Å². The van der Waals surface area contributed by atoms with Crippen LogP contribution in [-0.4, -0.2) is 36.6 Å². The SMILES string of the molecule is COC(C)(C)CN1C(=O)CNC1c1ccc(F)c(F)c1. The lowest BCUT2D eigenvalue weighted by molar-refractivity contribution is -0.131. The quantitative estimate of drug-likeness (QED) is 0.917. The second-order valence-electron chi connectivity index (χ2n) is 5.44. The molecule has 1 amide bonds. The summed E-state index contributed by atoms with van der Waals surface area (Å²) in [7, 11) is 1.57. The normalized spacial score (nSPS) is 19.8. The summed E-state index contributed by atoms with van der Waals surface area (Å²) >= 11 is 0. The second kappa shape index (κ2) is 5.46. The second-order valence-corrected chi connectivity index (χ2v) is 5.44. The minimum atomic E-state index is -0.922. The van der Waals surface area contributed by atoms with Gasteiger partial charge in [0.05, 0.1) is 18.7 Å². The molecule has 6 heteroatoms. The Bertz CT molecular complexity index is 520. The van der Waals surface area contributed by atoms with E-state index in [1.165, 1.54) is 6.07 Å². The number of ether oxygens (including phenoxy) is 1. The van der Waals surface area contributed by atoms with E-state index in [2.05, 4.69) is 5.32 Å². The van der Waals surface area contributed by atoms with Gasteiger partial charge in [0, 0.05) is 7.11 Å². The van der Waals surface area contributed by atoms with Crippen molar-refractivity contribution in [3.63, 3.8) is 0 Å². The maximum atomic E-state index is 13.3. The number of halogens is 2. The van der Waals surface area contributed by atoms with Gasteiger partial charge in [-0.2, -0.15) is 0 Å². The molecule has 1 N–H and O–H groups in total. The molecule has 1 fully saturated rings. The van der Waals surface area contributed by atoms with E-state index in [1.807, 2.05) is 13.8 Å². The highest BCUT2D eigenvalue weighted by Gasteiger charge is 2.35. The van der Waals surface area contributed by atoms with Crippen molar-refractivity contribution in [1.82, 2.24) is 10.2 Å². The predicted octanol–water partition coefficient (Wildman–Crippen LogP) is 1.82. The zero-order valence-electron chi connectivity index (χ0n) is 11.7. The standard InChI is InChI=1S/C14H18F2N2O2/c1-14(2,20-3)8-18-12(19)7-17-13(18)9-4-5-10(15)11(16)6-9/h4-6,13,17H,7-8H2,1-3H3. The summed E-state index contributed by atoms with van der Waals surface area (Å²) in [4.78, 5) is 13.5. The van der Waals surface area contributed by atoms with Crippen molar-refractivity contribution in [2.45, 2.75) is 25.6 Å². The number of hydrogen-bond donors (Lipinski definition) is 1. The van der Waals surface area contributed by atoms with Crippen LogP contribution in [0.15, 0.2) is 18.2 Å². The summed E-state index contributed by atoms with van der Waals surface area (Å²) in [5, 5.41) is 3.00. The lowest BCUT2D eigenvalue weighted by Gasteiger charge is -2.32. The summed E-state index contributed by atoms with van der Waals surface area (Å²) in [6.07, 6.45) is -0.466. The number of benzene rings is 1. The first kappa shape index (κ1) is 14.9. The molecule has 110 valence electrons. The molecular formula is C14H18F2N2O2. The van der Waals surface area contributed by atoms with Crippen LogP contribution in [0, 0.1) is 11.6 Å². The number of nitrogens with one attached hydrogen (secondary N) is 1. The molecular weight excluding hydrogens is 266 g/mol. The minimum absolute atomic E-state index is 0.0927. The number of carbonyl (C=O) groups is 1. The molecule has 4 nitrogen and oxygen atoms in total. The first-order valence-electron chi connectivity index (χ1n) is 6.37. The van der Waals surface area contributed by atoms with Gasteiger partial charge in [0.25, 0.3) is 0 Å². The summed E-state index contributed by atoms with van der Waals surface area (Å²) in [6, 6.07) is 3.65. The van der Waals surface area contributed by atoms with Gasteiger partial charge in [-0.05, 0) is 31.5 Å². The van der Waals surface area contributed by atoms with Gasteiger partial charge in [-0.3, -0.25) is 10.1 Å². The molecule has 1 heterocycles. The molecule has 1 aromatic carbocycles. The zero-order chi connectivity index (χ0) is 14.9. The average Bonchev–Trinajstić information content (AvgIpc) is 2.74. The van der Waals surface area contributed by atoms with Crippen molar-refractivity contribution in [3.8, 4) is 0 Å². The molecule has 0 bridgehead atoms. The van der Waals surface area contributed by atoms with E-state index >= 15 is 0 Å². The summed E-state index contributed by atoms with van der Waals surface area (Å²) < 4.78 is 31.6. The Labute approximate surface area is 116 Å². The first-order valence-corrected chi connectivity index (χ1v) is 6.37. The predicted molar refractivity (Wildman–Crippen MR) is 69.9 cm³/mol. The van der Waals surface area contributed by atoms with Crippen LogP contribution in [0.25, 0.3) is 0 Å². The fourth-order valence-corrected chi connectivity index (χ4v) is 2.17. The monoisotopic (exact) mass is 284 g/mol. The Morgan fingerprint density at radius 2 is 2.10 bits per heavy atom. The summed E-state index contributed by atoms with van der Waals surface area (Å²) in [5.41, 5.74) is 0.0000475. The molecule has 2 rings (SSSR count). The third-order valence-electron chi connectivity index (χ3n) is 3.44. The molecule has 20 heavy (non-hydrogen) atoms. The van der Waals surface area contributed by atoms with Gasteiger partial charge in [0.15, 0.2) is 11.6 Å². The number of rotatable bonds is 4. The van der Waals surface area contributed by atoms with Crippen LogP contribution in [-0.2, 0) is 9.53 Å². The molecule has 0 aromatic heterocycles. The smallest absolute Gasteiger partial charge is 0.238 e. The molecule has 1 aromatic rings. The highest BCUT2D eigenvalue weighted by atomic mass is 19.2. The number of methoxy groups -OCH3 is 1. The first-order chi connectivity index (χ1) is 9.34. The highest BCUT2D eigenvalue weighted by Crippen LogP contribution is 2.26.